The van der Waals surface area contributed by atoms with E-state index in [2.05, 4.69) is 4.98 Å². The lowest BCUT2D eigenvalue weighted by Crippen LogP contribution is -2.08. The minimum atomic E-state index is -3.22. The van der Waals surface area contributed by atoms with Crippen LogP contribution in [0.15, 0.2) is 70.3 Å². The standard InChI is InChI=1S/C17H13NO5S/c1-24(20,21)15-8-4-13(5-9-15)12-2-6-14(7-3-12)23-17(19)16-18-10-11-22-16/h2-11H,1H3. The Morgan fingerprint density at radius 3 is 2.08 bits per heavy atom. The number of benzene rings is 2. The molecule has 0 saturated heterocycles. The van der Waals surface area contributed by atoms with Crippen LogP contribution >= 0.6 is 0 Å². The Labute approximate surface area is 138 Å². The third-order valence-electron chi connectivity index (χ3n) is 3.29. The molecule has 0 spiro atoms. The summed E-state index contributed by atoms with van der Waals surface area (Å²) in [7, 11) is -3.22. The fourth-order valence-corrected chi connectivity index (χ4v) is 2.72. The van der Waals surface area contributed by atoms with E-state index in [-0.39, 0.29) is 10.8 Å². The van der Waals surface area contributed by atoms with Gasteiger partial charge in [0, 0.05) is 6.26 Å². The van der Waals surface area contributed by atoms with E-state index in [0.717, 1.165) is 11.1 Å². The fraction of sp³-hybridized carbons (Fsp3) is 0.0588. The summed E-state index contributed by atoms with van der Waals surface area (Å²) >= 11 is 0. The average Bonchev–Trinajstić information content (AvgIpc) is 3.09. The summed E-state index contributed by atoms with van der Waals surface area (Å²) in [6.07, 6.45) is 3.82. The van der Waals surface area contributed by atoms with E-state index >= 15 is 0 Å². The van der Waals surface area contributed by atoms with Crippen LogP contribution in [0, 0.1) is 0 Å². The monoisotopic (exact) mass is 343 g/mol. The van der Waals surface area contributed by atoms with Crippen molar-refractivity contribution in [2.24, 2.45) is 0 Å². The number of hydrogen-bond donors (Lipinski definition) is 0. The predicted octanol–water partition coefficient (Wildman–Crippen LogP) is 2.96. The summed E-state index contributed by atoms with van der Waals surface area (Å²) in [6, 6.07) is 13.4. The Morgan fingerprint density at radius 1 is 1.00 bits per heavy atom. The Kier molecular flexibility index (Phi) is 4.18. The first-order chi connectivity index (χ1) is 11.4. The molecule has 6 nitrogen and oxygen atoms in total. The number of hydrogen-bond acceptors (Lipinski definition) is 6. The molecule has 0 saturated carbocycles. The van der Waals surface area contributed by atoms with Crippen molar-refractivity contribution in [1.29, 1.82) is 0 Å². The summed E-state index contributed by atoms with van der Waals surface area (Å²) in [4.78, 5) is 15.7. The molecule has 0 radical (unpaired) electrons. The second-order valence-electron chi connectivity index (χ2n) is 5.05. The molecule has 3 rings (SSSR count). The topological polar surface area (TPSA) is 86.5 Å². The number of aromatic nitrogens is 1. The number of oxazole rings is 1. The van der Waals surface area contributed by atoms with Gasteiger partial charge in [-0.15, -0.1) is 0 Å². The van der Waals surface area contributed by atoms with Crippen LogP contribution in [0.1, 0.15) is 10.7 Å². The van der Waals surface area contributed by atoms with Crippen LogP contribution in [0.3, 0.4) is 0 Å². The van der Waals surface area contributed by atoms with Gasteiger partial charge in [0.25, 0.3) is 0 Å². The van der Waals surface area contributed by atoms with Gasteiger partial charge in [0.15, 0.2) is 9.84 Å². The lowest BCUT2D eigenvalue weighted by Gasteiger charge is -2.05. The van der Waals surface area contributed by atoms with E-state index in [4.69, 9.17) is 9.15 Å². The van der Waals surface area contributed by atoms with Gasteiger partial charge in [-0.05, 0) is 35.4 Å². The van der Waals surface area contributed by atoms with Gasteiger partial charge in [0.2, 0.25) is 0 Å². The molecule has 1 heterocycles. The molecule has 1 aromatic heterocycles. The highest BCUT2D eigenvalue weighted by Gasteiger charge is 2.13. The van der Waals surface area contributed by atoms with E-state index < -0.39 is 15.8 Å². The number of carbonyl (C=O) groups excluding carboxylic acids is 1. The van der Waals surface area contributed by atoms with Crippen molar-refractivity contribution in [2.45, 2.75) is 4.90 Å². The van der Waals surface area contributed by atoms with Crippen LogP contribution in [-0.4, -0.2) is 25.6 Å². The summed E-state index contributed by atoms with van der Waals surface area (Å²) in [5.41, 5.74) is 1.72. The van der Waals surface area contributed by atoms with Crippen LogP contribution in [0.25, 0.3) is 11.1 Å². The first kappa shape index (κ1) is 15.9. The molecule has 0 bridgehead atoms. The summed E-state index contributed by atoms with van der Waals surface area (Å²) in [5.74, 6) is -0.435. The van der Waals surface area contributed by atoms with E-state index in [1.54, 1.807) is 48.5 Å². The second-order valence-corrected chi connectivity index (χ2v) is 7.06. The lowest BCUT2D eigenvalue weighted by molar-refractivity contribution is 0.0693. The number of carbonyl (C=O) groups is 1. The van der Waals surface area contributed by atoms with Crippen molar-refractivity contribution in [3.63, 3.8) is 0 Å². The first-order valence-corrected chi connectivity index (χ1v) is 8.85. The zero-order chi connectivity index (χ0) is 17.2. The Balaban J connectivity index is 1.76. The molecule has 24 heavy (non-hydrogen) atoms. The highest BCUT2D eigenvalue weighted by molar-refractivity contribution is 7.90. The predicted molar refractivity (Wildman–Crippen MR) is 86.4 cm³/mol. The molecule has 2 aromatic carbocycles. The molecule has 0 N–H and O–H groups in total. The van der Waals surface area contributed by atoms with Crippen molar-refractivity contribution in [2.75, 3.05) is 6.26 Å². The van der Waals surface area contributed by atoms with Gasteiger partial charge in [-0.1, -0.05) is 24.3 Å². The van der Waals surface area contributed by atoms with Crippen molar-refractivity contribution >= 4 is 15.8 Å². The van der Waals surface area contributed by atoms with Crippen LogP contribution < -0.4 is 4.74 Å². The number of sulfone groups is 1. The first-order valence-electron chi connectivity index (χ1n) is 6.96. The average molecular weight is 343 g/mol. The molecule has 0 unspecified atom stereocenters. The third kappa shape index (κ3) is 3.52. The van der Waals surface area contributed by atoms with Crippen molar-refractivity contribution in [3.05, 3.63) is 66.9 Å². The van der Waals surface area contributed by atoms with Crippen LogP contribution in [-0.2, 0) is 9.84 Å². The largest absolute Gasteiger partial charge is 0.440 e. The minimum Gasteiger partial charge on any atom is -0.440 e. The maximum absolute atomic E-state index is 11.7. The minimum absolute atomic E-state index is 0.115. The van der Waals surface area contributed by atoms with Gasteiger partial charge in [-0.2, -0.15) is 0 Å². The van der Waals surface area contributed by atoms with Crippen molar-refractivity contribution in [3.8, 4) is 16.9 Å². The summed E-state index contributed by atoms with van der Waals surface area (Å²) in [6.45, 7) is 0. The van der Waals surface area contributed by atoms with Gasteiger partial charge in [0.05, 0.1) is 11.1 Å². The summed E-state index contributed by atoms with van der Waals surface area (Å²) < 4.78 is 32.9. The van der Waals surface area contributed by atoms with Crippen LogP contribution in [0.2, 0.25) is 0 Å². The van der Waals surface area contributed by atoms with Crippen LogP contribution in [0.5, 0.6) is 5.75 Å². The molecule has 7 heteroatoms. The Bertz CT molecular complexity index is 943. The van der Waals surface area contributed by atoms with E-state index in [1.807, 2.05) is 0 Å². The third-order valence-corrected chi connectivity index (χ3v) is 4.42. The smallest absolute Gasteiger partial charge is 0.400 e. The van der Waals surface area contributed by atoms with Gasteiger partial charge in [-0.3, -0.25) is 0 Å². The Hall–Kier alpha value is -2.93. The number of nitrogens with zero attached hydrogens (tertiary/aromatic N) is 1. The Morgan fingerprint density at radius 2 is 1.58 bits per heavy atom. The van der Waals surface area contributed by atoms with Gasteiger partial charge in [-0.25, -0.2) is 18.2 Å². The fourth-order valence-electron chi connectivity index (χ4n) is 2.08. The molecule has 0 fully saturated rings. The van der Waals surface area contributed by atoms with Gasteiger partial charge in [0.1, 0.15) is 12.0 Å². The molecular formula is C17H13NO5S. The van der Waals surface area contributed by atoms with Gasteiger partial charge >= 0.3 is 11.9 Å². The number of rotatable bonds is 4. The molecule has 0 aliphatic heterocycles. The van der Waals surface area contributed by atoms with Crippen molar-refractivity contribution in [1.82, 2.24) is 4.98 Å². The van der Waals surface area contributed by atoms with E-state index in [0.29, 0.717) is 5.75 Å². The van der Waals surface area contributed by atoms with Crippen LogP contribution in [0.4, 0.5) is 0 Å². The van der Waals surface area contributed by atoms with E-state index in [9.17, 15) is 13.2 Å². The molecule has 0 aliphatic rings. The highest BCUT2D eigenvalue weighted by atomic mass is 32.2. The molecule has 0 atom stereocenters. The van der Waals surface area contributed by atoms with E-state index in [1.165, 1.54) is 18.7 Å². The molecule has 122 valence electrons. The second kappa shape index (κ2) is 6.29. The van der Waals surface area contributed by atoms with Crippen molar-refractivity contribution < 1.29 is 22.4 Å². The molecule has 3 aromatic rings. The molecule has 0 aliphatic carbocycles. The SMILES string of the molecule is CS(=O)(=O)c1ccc(-c2ccc(OC(=O)c3ncco3)cc2)cc1. The molecular weight excluding hydrogens is 330 g/mol. The number of esters is 1. The highest BCUT2D eigenvalue weighted by Crippen LogP contribution is 2.24. The zero-order valence-corrected chi connectivity index (χ0v) is 13.5. The quantitative estimate of drug-likeness (QED) is 0.535. The normalized spacial score (nSPS) is 11.2. The number of ether oxygens (including phenoxy) is 1. The zero-order valence-electron chi connectivity index (χ0n) is 12.7. The maximum atomic E-state index is 11.7. The lowest BCUT2D eigenvalue weighted by atomic mass is 10.1. The molecule has 0 amide bonds. The van der Waals surface area contributed by atoms with Gasteiger partial charge < -0.3 is 9.15 Å². The summed E-state index contributed by atoms with van der Waals surface area (Å²) in [5, 5.41) is 0. The maximum Gasteiger partial charge on any atom is 0.400 e.